The van der Waals surface area contributed by atoms with E-state index in [0.717, 1.165) is 0 Å². The van der Waals surface area contributed by atoms with Crippen LogP contribution in [0.1, 0.15) is 20.8 Å². The lowest BCUT2D eigenvalue weighted by Crippen LogP contribution is -2.23. The van der Waals surface area contributed by atoms with Crippen LogP contribution in [0.3, 0.4) is 0 Å². The first-order valence-corrected chi connectivity index (χ1v) is 4.65. The molecule has 0 aromatic carbocycles. The van der Waals surface area contributed by atoms with Gasteiger partial charge in [-0.15, -0.1) is 0 Å². The number of allylic oxidation sites excluding steroid dienone is 1. The first-order chi connectivity index (χ1) is 4.54. The van der Waals surface area contributed by atoms with Crippen LogP contribution < -0.4 is 5.14 Å². The van der Waals surface area contributed by atoms with Crippen LogP contribution in [0, 0.1) is 5.92 Å². The molecule has 3 heteroatoms. The van der Waals surface area contributed by atoms with E-state index in [9.17, 15) is 4.55 Å². The van der Waals surface area contributed by atoms with Crippen LogP contribution in [0.4, 0.5) is 0 Å². The van der Waals surface area contributed by atoms with Gasteiger partial charge in [-0.25, -0.2) is 0 Å². The molecule has 0 bridgehead atoms. The van der Waals surface area contributed by atoms with Gasteiger partial charge >= 0.3 is 0 Å². The van der Waals surface area contributed by atoms with E-state index in [2.05, 4.69) is 13.8 Å². The third-order valence-corrected chi connectivity index (χ3v) is 2.02. The molecule has 0 aliphatic heterocycles. The summed E-state index contributed by atoms with van der Waals surface area (Å²) in [5.74, 6) is 0.506. The first kappa shape index (κ1) is 10.0. The fourth-order valence-corrected chi connectivity index (χ4v) is 0.702. The van der Waals surface area contributed by atoms with Crippen molar-refractivity contribution in [3.05, 3.63) is 12.2 Å². The minimum absolute atomic E-state index is 0.0256. The normalized spacial score (nSPS) is 18.2. The highest BCUT2D eigenvalue weighted by Crippen LogP contribution is 2.00. The Morgan fingerprint density at radius 2 is 1.80 bits per heavy atom. The van der Waals surface area contributed by atoms with Gasteiger partial charge in [0.1, 0.15) is 0 Å². The SMILES string of the molecule is CC(C)C=C[C@@H](C)[S+](N)[O-]. The predicted molar refractivity (Wildman–Crippen MR) is 45.8 cm³/mol. The number of hydrogen-bond donors (Lipinski definition) is 1. The number of nitrogens with two attached hydrogens (primary N) is 1. The van der Waals surface area contributed by atoms with Crippen LogP contribution >= 0.6 is 0 Å². The zero-order chi connectivity index (χ0) is 8.15. The third kappa shape index (κ3) is 4.85. The molecule has 0 heterocycles. The predicted octanol–water partition coefficient (Wildman–Crippen LogP) is 1.21. The summed E-state index contributed by atoms with van der Waals surface area (Å²) in [6, 6.07) is 0. The van der Waals surface area contributed by atoms with Crippen molar-refractivity contribution in [3.63, 3.8) is 0 Å². The Morgan fingerprint density at radius 3 is 2.10 bits per heavy atom. The van der Waals surface area contributed by atoms with Crippen molar-refractivity contribution in [1.82, 2.24) is 0 Å². The first-order valence-electron chi connectivity index (χ1n) is 3.37. The Morgan fingerprint density at radius 1 is 1.30 bits per heavy atom. The second-order valence-electron chi connectivity index (χ2n) is 2.66. The van der Waals surface area contributed by atoms with Crippen molar-refractivity contribution in [3.8, 4) is 0 Å². The van der Waals surface area contributed by atoms with E-state index in [1.807, 2.05) is 19.1 Å². The third-order valence-electron chi connectivity index (χ3n) is 1.13. The molecule has 0 saturated heterocycles. The second-order valence-corrected chi connectivity index (χ2v) is 4.06. The van der Waals surface area contributed by atoms with Crippen molar-refractivity contribution in [1.29, 1.82) is 0 Å². The monoisotopic (exact) mass is 161 g/mol. The topological polar surface area (TPSA) is 49.1 Å². The second kappa shape index (κ2) is 4.77. The van der Waals surface area contributed by atoms with Gasteiger partial charge in [-0.2, -0.15) is 5.14 Å². The molecular formula is C7H15NOS. The van der Waals surface area contributed by atoms with E-state index >= 15 is 0 Å². The van der Waals surface area contributed by atoms with Crippen molar-refractivity contribution >= 4 is 11.4 Å². The maximum atomic E-state index is 10.6. The minimum Gasteiger partial charge on any atom is -0.598 e. The van der Waals surface area contributed by atoms with Crippen LogP contribution in [0.5, 0.6) is 0 Å². The lowest BCUT2D eigenvalue weighted by Gasteiger charge is -2.07. The van der Waals surface area contributed by atoms with E-state index in [1.165, 1.54) is 0 Å². The minimum atomic E-state index is -1.21. The average Bonchev–Trinajstić information content (AvgIpc) is 1.82. The molecule has 0 aliphatic carbocycles. The van der Waals surface area contributed by atoms with Gasteiger partial charge in [0.2, 0.25) is 0 Å². The summed E-state index contributed by atoms with van der Waals surface area (Å²) in [5.41, 5.74) is 0. The molecule has 0 aliphatic rings. The summed E-state index contributed by atoms with van der Waals surface area (Å²) in [5, 5.41) is 5.12. The summed E-state index contributed by atoms with van der Waals surface area (Å²) in [6.07, 6.45) is 3.90. The van der Waals surface area contributed by atoms with Gasteiger partial charge in [0.05, 0.1) is 0 Å². The van der Waals surface area contributed by atoms with Gasteiger partial charge in [-0.1, -0.05) is 19.9 Å². The van der Waals surface area contributed by atoms with Gasteiger partial charge in [0, 0.05) is 11.4 Å². The summed E-state index contributed by atoms with van der Waals surface area (Å²) >= 11 is -1.21. The molecule has 0 aromatic heterocycles. The zero-order valence-electron chi connectivity index (χ0n) is 6.70. The van der Waals surface area contributed by atoms with Gasteiger partial charge in [0.15, 0.2) is 5.25 Å². The molecule has 1 unspecified atom stereocenters. The molecule has 10 heavy (non-hydrogen) atoms. The molecule has 0 aromatic rings. The summed E-state index contributed by atoms with van der Waals surface area (Å²) in [4.78, 5) is 0. The molecule has 2 atom stereocenters. The van der Waals surface area contributed by atoms with Crippen LogP contribution in [0.2, 0.25) is 0 Å². The maximum absolute atomic E-state index is 10.6. The van der Waals surface area contributed by atoms with Crippen LogP contribution in [-0.2, 0) is 11.4 Å². The largest absolute Gasteiger partial charge is 0.598 e. The van der Waals surface area contributed by atoms with Crippen molar-refractivity contribution in [2.45, 2.75) is 26.0 Å². The molecule has 2 N–H and O–H groups in total. The fraction of sp³-hybridized carbons (Fsp3) is 0.714. The van der Waals surface area contributed by atoms with Crippen LogP contribution in [0.15, 0.2) is 12.2 Å². The standard InChI is InChI=1S/C7H15NOS/c1-6(2)4-5-7(3)10(8)9/h4-7H,8H2,1-3H3/t7-,10?/m1/s1. The van der Waals surface area contributed by atoms with E-state index in [1.54, 1.807) is 0 Å². The average molecular weight is 161 g/mol. The molecule has 0 amide bonds. The lowest BCUT2D eigenvalue weighted by molar-refractivity contribution is 0.591. The van der Waals surface area contributed by atoms with Gasteiger partial charge < -0.3 is 4.55 Å². The van der Waals surface area contributed by atoms with Crippen LogP contribution in [0.25, 0.3) is 0 Å². The Balaban J connectivity index is 3.66. The molecule has 0 saturated carbocycles. The van der Waals surface area contributed by atoms with Gasteiger partial charge in [-0.05, 0) is 18.9 Å². The molecule has 0 radical (unpaired) electrons. The molecule has 2 nitrogen and oxygen atoms in total. The highest BCUT2D eigenvalue weighted by Gasteiger charge is 2.06. The number of hydrogen-bond acceptors (Lipinski definition) is 2. The molecule has 0 spiro atoms. The summed E-state index contributed by atoms with van der Waals surface area (Å²) < 4.78 is 10.6. The van der Waals surface area contributed by atoms with Crippen molar-refractivity contribution in [2.75, 3.05) is 0 Å². The summed E-state index contributed by atoms with van der Waals surface area (Å²) in [6.45, 7) is 5.99. The zero-order valence-corrected chi connectivity index (χ0v) is 7.52. The van der Waals surface area contributed by atoms with E-state index in [4.69, 9.17) is 5.14 Å². The lowest BCUT2D eigenvalue weighted by atomic mass is 10.2. The molecular weight excluding hydrogens is 146 g/mol. The van der Waals surface area contributed by atoms with Gasteiger partial charge in [0.25, 0.3) is 0 Å². The van der Waals surface area contributed by atoms with Gasteiger partial charge in [-0.3, -0.25) is 0 Å². The van der Waals surface area contributed by atoms with E-state index in [-0.39, 0.29) is 5.25 Å². The van der Waals surface area contributed by atoms with Crippen molar-refractivity contribution < 1.29 is 4.55 Å². The van der Waals surface area contributed by atoms with Crippen molar-refractivity contribution in [2.24, 2.45) is 11.1 Å². The molecule has 60 valence electrons. The van der Waals surface area contributed by atoms with E-state index < -0.39 is 11.4 Å². The molecule has 0 fully saturated rings. The fourth-order valence-electron chi connectivity index (χ4n) is 0.456. The smallest absolute Gasteiger partial charge is 0.150 e. The highest BCUT2D eigenvalue weighted by molar-refractivity contribution is 7.89. The Labute approximate surface area is 65.8 Å². The van der Waals surface area contributed by atoms with Crippen LogP contribution in [-0.4, -0.2) is 9.80 Å². The maximum Gasteiger partial charge on any atom is 0.150 e. The Bertz CT molecular complexity index is 112. The molecule has 0 rings (SSSR count). The highest BCUT2D eigenvalue weighted by atomic mass is 32.2. The Hall–Kier alpha value is 0.01000. The van der Waals surface area contributed by atoms with E-state index in [0.29, 0.717) is 5.92 Å². The Kier molecular flexibility index (Phi) is 4.77. The summed E-state index contributed by atoms with van der Waals surface area (Å²) in [7, 11) is 0. The quantitative estimate of drug-likeness (QED) is 0.499. The number of rotatable bonds is 3.